The van der Waals surface area contributed by atoms with Gasteiger partial charge in [0.1, 0.15) is 5.82 Å². The van der Waals surface area contributed by atoms with Crippen LogP contribution in [0.3, 0.4) is 0 Å². The maximum Gasteiger partial charge on any atom is 0.258 e. The molecule has 106 valence electrons. The molecule has 21 heavy (non-hydrogen) atoms. The molecule has 0 saturated heterocycles. The number of anilines is 1. The van der Waals surface area contributed by atoms with Gasteiger partial charge in [0.05, 0.1) is 11.4 Å². The number of amides is 1. The lowest BCUT2D eigenvalue weighted by Crippen LogP contribution is -2.14. The molecule has 3 rings (SSSR count). The highest BCUT2D eigenvalue weighted by molar-refractivity contribution is 7.99. The highest BCUT2D eigenvalue weighted by Gasteiger charge is 2.11. The van der Waals surface area contributed by atoms with Crippen LogP contribution >= 0.6 is 11.8 Å². The fourth-order valence-electron chi connectivity index (χ4n) is 1.69. The second-order valence-corrected chi connectivity index (χ2v) is 5.05. The average Bonchev–Trinajstić information content (AvgIpc) is 2.90. The molecule has 1 aromatic carbocycles. The lowest BCUT2D eigenvalue weighted by atomic mass is 10.3. The Morgan fingerprint density at radius 2 is 2.14 bits per heavy atom. The van der Waals surface area contributed by atoms with Crippen LogP contribution in [-0.2, 0) is 4.79 Å². The zero-order chi connectivity index (χ0) is 14.7. The van der Waals surface area contributed by atoms with E-state index in [9.17, 15) is 9.18 Å². The van der Waals surface area contributed by atoms with Crippen LogP contribution in [0.25, 0.3) is 11.2 Å². The molecule has 1 N–H and O–H groups in total. The van der Waals surface area contributed by atoms with Gasteiger partial charge in [-0.2, -0.15) is 4.98 Å². The number of hydrogen-bond donors (Lipinski definition) is 1. The second-order valence-electron chi connectivity index (χ2n) is 4.12. The van der Waals surface area contributed by atoms with Crippen molar-refractivity contribution in [2.75, 3.05) is 11.1 Å². The highest BCUT2D eigenvalue weighted by Crippen LogP contribution is 2.22. The molecule has 3 aromatic rings. The summed E-state index contributed by atoms with van der Waals surface area (Å²) in [5.41, 5.74) is 1.21. The molecule has 0 aliphatic heterocycles. The third-order valence-corrected chi connectivity index (χ3v) is 3.45. The monoisotopic (exact) mass is 303 g/mol. The second kappa shape index (κ2) is 5.92. The molecule has 7 heteroatoms. The number of thioether (sulfide) groups is 1. The van der Waals surface area contributed by atoms with Crippen molar-refractivity contribution in [3.63, 3.8) is 0 Å². The molecule has 0 saturated carbocycles. The van der Waals surface area contributed by atoms with Gasteiger partial charge in [-0.05, 0) is 24.3 Å². The zero-order valence-corrected chi connectivity index (χ0v) is 11.6. The Kier molecular flexibility index (Phi) is 3.83. The number of rotatable bonds is 4. The first-order valence-electron chi connectivity index (χ1n) is 6.11. The van der Waals surface area contributed by atoms with Gasteiger partial charge in [0.25, 0.3) is 5.22 Å². The fourth-order valence-corrected chi connectivity index (χ4v) is 2.31. The van der Waals surface area contributed by atoms with E-state index in [1.165, 1.54) is 12.1 Å². The topological polar surface area (TPSA) is 68.0 Å². The van der Waals surface area contributed by atoms with E-state index in [2.05, 4.69) is 15.3 Å². The molecule has 2 aromatic heterocycles. The van der Waals surface area contributed by atoms with Crippen molar-refractivity contribution in [2.24, 2.45) is 0 Å². The number of carbonyl (C=O) groups is 1. The SMILES string of the molecule is O=C(CSc1nc2ncccc2o1)Nc1ccccc1F. The quantitative estimate of drug-likeness (QED) is 0.750. The molecule has 5 nitrogen and oxygen atoms in total. The Bertz CT molecular complexity index is 757. The zero-order valence-electron chi connectivity index (χ0n) is 10.7. The van der Waals surface area contributed by atoms with E-state index >= 15 is 0 Å². The van der Waals surface area contributed by atoms with Gasteiger partial charge in [-0.3, -0.25) is 4.79 Å². The Labute approximate surface area is 123 Å². The molecule has 0 spiro atoms. The predicted octanol–water partition coefficient (Wildman–Crippen LogP) is 3.09. The van der Waals surface area contributed by atoms with Gasteiger partial charge in [-0.15, -0.1) is 0 Å². The molecule has 0 aliphatic rings. The summed E-state index contributed by atoms with van der Waals surface area (Å²) in [6.45, 7) is 0. The molecule has 0 fully saturated rings. The third-order valence-electron chi connectivity index (χ3n) is 2.62. The van der Waals surface area contributed by atoms with Gasteiger partial charge in [0.2, 0.25) is 5.91 Å². The van der Waals surface area contributed by atoms with E-state index in [1.807, 2.05) is 0 Å². The van der Waals surface area contributed by atoms with Crippen molar-refractivity contribution in [3.8, 4) is 0 Å². The first kappa shape index (κ1) is 13.6. The van der Waals surface area contributed by atoms with E-state index in [1.54, 1.807) is 30.5 Å². The number of aromatic nitrogens is 2. The summed E-state index contributed by atoms with van der Waals surface area (Å²) >= 11 is 1.13. The predicted molar refractivity (Wildman–Crippen MR) is 77.6 cm³/mol. The Morgan fingerprint density at radius 3 is 2.95 bits per heavy atom. The number of nitrogens with one attached hydrogen (secondary N) is 1. The minimum absolute atomic E-state index is 0.0706. The van der Waals surface area contributed by atoms with Crippen molar-refractivity contribution >= 4 is 34.6 Å². The van der Waals surface area contributed by atoms with Crippen LogP contribution in [0, 0.1) is 5.82 Å². The highest BCUT2D eigenvalue weighted by atomic mass is 32.2. The van der Waals surface area contributed by atoms with Crippen LogP contribution in [0.15, 0.2) is 52.2 Å². The number of oxazole rings is 1. The van der Waals surface area contributed by atoms with Crippen LogP contribution in [0.2, 0.25) is 0 Å². The van der Waals surface area contributed by atoms with E-state index < -0.39 is 5.82 Å². The summed E-state index contributed by atoms with van der Waals surface area (Å²) < 4.78 is 18.8. The van der Waals surface area contributed by atoms with Crippen molar-refractivity contribution < 1.29 is 13.6 Å². The number of halogens is 1. The van der Waals surface area contributed by atoms with E-state index in [-0.39, 0.29) is 17.3 Å². The van der Waals surface area contributed by atoms with Crippen LogP contribution in [0.5, 0.6) is 0 Å². The van der Waals surface area contributed by atoms with Crippen molar-refractivity contribution in [1.82, 2.24) is 9.97 Å². The normalized spacial score (nSPS) is 10.7. The van der Waals surface area contributed by atoms with Gasteiger partial charge in [-0.25, -0.2) is 9.37 Å². The third kappa shape index (κ3) is 3.19. The summed E-state index contributed by atoms with van der Waals surface area (Å²) in [4.78, 5) is 19.9. The minimum atomic E-state index is -0.470. The smallest absolute Gasteiger partial charge is 0.258 e. The molecule has 0 aliphatic carbocycles. The maximum absolute atomic E-state index is 13.4. The summed E-state index contributed by atoms with van der Waals surface area (Å²) in [6.07, 6.45) is 1.62. The lowest BCUT2D eigenvalue weighted by Gasteiger charge is -2.04. The number of hydrogen-bond acceptors (Lipinski definition) is 5. The summed E-state index contributed by atoms with van der Waals surface area (Å²) in [5, 5.41) is 2.85. The number of fused-ring (bicyclic) bond motifs is 1. The minimum Gasteiger partial charge on any atom is -0.430 e. The molecule has 0 radical (unpaired) electrons. The Morgan fingerprint density at radius 1 is 1.29 bits per heavy atom. The van der Waals surface area contributed by atoms with Crippen LogP contribution < -0.4 is 5.32 Å². The van der Waals surface area contributed by atoms with Gasteiger partial charge in [0.15, 0.2) is 11.2 Å². The van der Waals surface area contributed by atoms with E-state index in [0.29, 0.717) is 16.5 Å². The summed E-state index contributed by atoms with van der Waals surface area (Å²) in [6, 6.07) is 9.49. The number of pyridine rings is 1. The lowest BCUT2D eigenvalue weighted by molar-refractivity contribution is -0.113. The number of carbonyl (C=O) groups excluding carboxylic acids is 1. The first-order valence-corrected chi connectivity index (χ1v) is 7.10. The van der Waals surface area contributed by atoms with Gasteiger partial charge in [0, 0.05) is 6.20 Å². The van der Waals surface area contributed by atoms with Gasteiger partial charge in [-0.1, -0.05) is 23.9 Å². The van der Waals surface area contributed by atoms with Crippen molar-refractivity contribution in [1.29, 1.82) is 0 Å². The van der Waals surface area contributed by atoms with Crippen LogP contribution in [-0.4, -0.2) is 21.6 Å². The molecule has 0 unspecified atom stereocenters. The van der Waals surface area contributed by atoms with Crippen molar-refractivity contribution in [3.05, 3.63) is 48.4 Å². The average molecular weight is 303 g/mol. The molecule has 0 bridgehead atoms. The number of nitrogens with zero attached hydrogens (tertiary/aromatic N) is 2. The van der Waals surface area contributed by atoms with Crippen LogP contribution in [0.1, 0.15) is 0 Å². The first-order chi connectivity index (χ1) is 10.2. The molecular weight excluding hydrogens is 293 g/mol. The number of para-hydroxylation sites is 1. The van der Waals surface area contributed by atoms with E-state index in [4.69, 9.17) is 4.42 Å². The number of benzene rings is 1. The van der Waals surface area contributed by atoms with Gasteiger partial charge >= 0.3 is 0 Å². The molecular formula is C14H10FN3O2S. The standard InChI is InChI=1S/C14H10FN3O2S/c15-9-4-1-2-5-10(9)17-12(19)8-21-14-18-13-11(20-14)6-3-7-16-13/h1-7H,8H2,(H,17,19). The molecule has 0 atom stereocenters. The Hall–Kier alpha value is -2.41. The Balaban J connectivity index is 1.62. The van der Waals surface area contributed by atoms with Crippen molar-refractivity contribution in [2.45, 2.75) is 5.22 Å². The van der Waals surface area contributed by atoms with Crippen LogP contribution in [0.4, 0.5) is 10.1 Å². The van der Waals surface area contributed by atoms with Gasteiger partial charge < -0.3 is 9.73 Å². The summed E-state index contributed by atoms with van der Waals surface area (Å²) in [5.74, 6) is -0.733. The summed E-state index contributed by atoms with van der Waals surface area (Å²) in [7, 11) is 0. The van der Waals surface area contributed by atoms with E-state index in [0.717, 1.165) is 11.8 Å². The molecule has 2 heterocycles. The fraction of sp³-hybridized carbons (Fsp3) is 0.0714. The molecule has 1 amide bonds. The maximum atomic E-state index is 13.4. The largest absolute Gasteiger partial charge is 0.430 e.